The third-order valence-electron chi connectivity index (χ3n) is 7.61. The number of likely N-dealkylation sites (N-methyl/N-ethyl adjacent to an activating group) is 1. The van der Waals surface area contributed by atoms with Crippen molar-refractivity contribution in [2.24, 2.45) is 0 Å². The van der Waals surface area contributed by atoms with Gasteiger partial charge in [-0.25, -0.2) is 0 Å². The SMILES string of the molecule is C[C@@H]1CN(c2ccc(C#N)c3ncccc23)C[C@@H](CN2CCC(N3CCN(C)CC3)CC2)O1. The van der Waals surface area contributed by atoms with Crippen LogP contribution >= 0.6 is 0 Å². The second kappa shape index (κ2) is 9.94. The first-order chi connectivity index (χ1) is 16.1. The Morgan fingerprint density at radius 1 is 1.06 bits per heavy atom. The second-order valence-corrected chi connectivity index (χ2v) is 9.99. The zero-order valence-electron chi connectivity index (χ0n) is 20.0. The van der Waals surface area contributed by atoms with Crippen molar-refractivity contribution in [1.82, 2.24) is 19.7 Å². The molecular formula is C26H36N6O. The Morgan fingerprint density at radius 2 is 1.85 bits per heavy atom. The van der Waals surface area contributed by atoms with Gasteiger partial charge < -0.3 is 19.4 Å². The number of hydrogen-bond donors (Lipinski definition) is 0. The number of nitriles is 1. The average molecular weight is 449 g/mol. The molecule has 7 nitrogen and oxygen atoms in total. The summed E-state index contributed by atoms with van der Waals surface area (Å²) < 4.78 is 6.39. The molecule has 0 unspecified atom stereocenters. The Hall–Kier alpha value is -2.24. The number of hydrogen-bond acceptors (Lipinski definition) is 7. The lowest BCUT2D eigenvalue weighted by atomic mass is 10.0. The molecule has 3 aliphatic rings. The minimum atomic E-state index is 0.175. The first-order valence-electron chi connectivity index (χ1n) is 12.4. The number of ether oxygens (including phenoxy) is 1. The number of benzene rings is 1. The summed E-state index contributed by atoms with van der Waals surface area (Å²) in [6.45, 7) is 12.0. The van der Waals surface area contributed by atoms with Crippen LogP contribution in [0.2, 0.25) is 0 Å². The van der Waals surface area contributed by atoms with Gasteiger partial charge in [0.15, 0.2) is 0 Å². The van der Waals surface area contributed by atoms with Crippen LogP contribution in [-0.2, 0) is 4.74 Å². The van der Waals surface area contributed by atoms with Crippen LogP contribution in [0.1, 0.15) is 25.3 Å². The van der Waals surface area contributed by atoms with E-state index in [-0.39, 0.29) is 12.2 Å². The maximum Gasteiger partial charge on any atom is 0.101 e. The van der Waals surface area contributed by atoms with E-state index in [0.717, 1.165) is 55.4 Å². The molecule has 2 atom stereocenters. The first-order valence-corrected chi connectivity index (χ1v) is 12.4. The van der Waals surface area contributed by atoms with Gasteiger partial charge in [-0.3, -0.25) is 9.88 Å². The summed E-state index contributed by atoms with van der Waals surface area (Å²) in [5.41, 5.74) is 2.58. The van der Waals surface area contributed by atoms with E-state index in [4.69, 9.17) is 4.74 Å². The van der Waals surface area contributed by atoms with Crippen molar-refractivity contribution in [3.05, 3.63) is 36.0 Å². The molecule has 1 aromatic heterocycles. The fourth-order valence-electron chi connectivity index (χ4n) is 5.81. The summed E-state index contributed by atoms with van der Waals surface area (Å²) in [6.07, 6.45) is 4.66. The van der Waals surface area contributed by atoms with E-state index in [9.17, 15) is 5.26 Å². The third-order valence-corrected chi connectivity index (χ3v) is 7.61. The van der Waals surface area contributed by atoms with Crippen LogP contribution in [0.15, 0.2) is 30.5 Å². The van der Waals surface area contributed by atoms with E-state index in [1.807, 2.05) is 12.1 Å². The molecule has 0 bridgehead atoms. The maximum absolute atomic E-state index is 9.48. The molecule has 0 saturated carbocycles. The monoisotopic (exact) mass is 448 g/mol. The fraction of sp³-hybridized carbons (Fsp3) is 0.615. The highest BCUT2D eigenvalue weighted by Crippen LogP contribution is 2.30. The number of piperazine rings is 1. The van der Waals surface area contributed by atoms with Crippen LogP contribution in [0.3, 0.4) is 0 Å². The van der Waals surface area contributed by atoms with E-state index < -0.39 is 0 Å². The van der Waals surface area contributed by atoms with Gasteiger partial charge in [0.25, 0.3) is 0 Å². The molecule has 5 rings (SSSR count). The van der Waals surface area contributed by atoms with Crippen LogP contribution < -0.4 is 4.90 Å². The molecule has 1 aromatic carbocycles. The van der Waals surface area contributed by atoms with Gasteiger partial charge in [-0.1, -0.05) is 0 Å². The van der Waals surface area contributed by atoms with E-state index in [2.05, 4.69) is 56.8 Å². The number of anilines is 1. The number of pyridine rings is 1. The van der Waals surface area contributed by atoms with Gasteiger partial charge in [0.2, 0.25) is 0 Å². The highest BCUT2D eigenvalue weighted by molar-refractivity contribution is 5.95. The summed E-state index contributed by atoms with van der Waals surface area (Å²) in [6, 6.07) is 11.1. The van der Waals surface area contributed by atoms with E-state index in [0.29, 0.717) is 5.56 Å². The van der Waals surface area contributed by atoms with Crippen molar-refractivity contribution < 1.29 is 4.74 Å². The van der Waals surface area contributed by atoms with Gasteiger partial charge >= 0.3 is 0 Å². The predicted molar refractivity (Wildman–Crippen MR) is 132 cm³/mol. The first kappa shape index (κ1) is 22.5. The molecule has 7 heteroatoms. The van der Waals surface area contributed by atoms with Crippen molar-refractivity contribution in [3.8, 4) is 6.07 Å². The molecule has 0 radical (unpaired) electrons. The van der Waals surface area contributed by atoms with Gasteiger partial charge in [-0.2, -0.15) is 5.26 Å². The van der Waals surface area contributed by atoms with Crippen LogP contribution in [0, 0.1) is 11.3 Å². The minimum Gasteiger partial charge on any atom is -0.370 e. The van der Waals surface area contributed by atoms with Gasteiger partial charge in [-0.05, 0) is 64.2 Å². The topological polar surface area (TPSA) is 58.9 Å². The zero-order chi connectivity index (χ0) is 22.8. The second-order valence-electron chi connectivity index (χ2n) is 9.99. The predicted octanol–water partition coefficient (Wildman–Crippen LogP) is 2.41. The molecule has 176 valence electrons. The molecule has 0 aliphatic carbocycles. The minimum absolute atomic E-state index is 0.175. The Morgan fingerprint density at radius 3 is 2.61 bits per heavy atom. The van der Waals surface area contributed by atoms with Crippen LogP contribution in [0.5, 0.6) is 0 Å². The number of morpholine rings is 1. The summed E-state index contributed by atoms with van der Waals surface area (Å²) in [4.78, 5) is 14.7. The van der Waals surface area contributed by atoms with E-state index in [1.165, 1.54) is 39.0 Å². The quantitative estimate of drug-likeness (QED) is 0.712. The molecule has 3 aliphatic heterocycles. The number of rotatable bonds is 4. The molecular weight excluding hydrogens is 412 g/mol. The number of piperidine rings is 1. The van der Waals surface area contributed by atoms with Crippen LogP contribution in [-0.4, -0.2) is 104 Å². The van der Waals surface area contributed by atoms with E-state index in [1.54, 1.807) is 6.20 Å². The maximum atomic E-state index is 9.48. The van der Waals surface area contributed by atoms with Crippen molar-refractivity contribution in [1.29, 1.82) is 5.26 Å². The average Bonchev–Trinajstić information content (AvgIpc) is 2.84. The molecule has 2 aromatic rings. The largest absolute Gasteiger partial charge is 0.370 e. The molecule has 4 heterocycles. The number of fused-ring (bicyclic) bond motifs is 1. The lowest BCUT2D eigenvalue weighted by molar-refractivity contribution is -0.0385. The molecule has 0 N–H and O–H groups in total. The fourth-order valence-corrected chi connectivity index (χ4v) is 5.81. The van der Waals surface area contributed by atoms with Crippen molar-refractivity contribution in [2.45, 2.75) is 38.0 Å². The van der Waals surface area contributed by atoms with Crippen LogP contribution in [0.25, 0.3) is 10.9 Å². The standard InChI is InChI=1S/C26H36N6O/c1-20-17-32(25-6-5-21(16-27)26-24(25)4-3-9-28-26)19-23(33-20)18-30-10-7-22(8-11-30)31-14-12-29(2)13-15-31/h3-6,9,20,22-23H,7-8,10-15,17-19H2,1-2H3/t20-,23-/m1/s1. The molecule has 33 heavy (non-hydrogen) atoms. The van der Waals surface area contributed by atoms with Gasteiger partial charge in [0.1, 0.15) is 6.07 Å². The normalized spacial score (nSPS) is 26.5. The molecule has 0 spiro atoms. The third kappa shape index (κ3) is 4.99. The lowest BCUT2D eigenvalue weighted by Crippen LogP contribution is -2.55. The Labute approximate surface area is 197 Å². The number of likely N-dealkylation sites (tertiary alicyclic amines) is 1. The Bertz CT molecular complexity index is 990. The van der Waals surface area contributed by atoms with Crippen molar-refractivity contribution >= 4 is 16.6 Å². The van der Waals surface area contributed by atoms with Gasteiger partial charge in [0.05, 0.1) is 23.3 Å². The van der Waals surface area contributed by atoms with Crippen molar-refractivity contribution in [2.75, 3.05) is 70.9 Å². The highest BCUT2D eigenvalue weighted by Gasteiger charge is 2.31. The summed E-state index contributed by atoms with van der Waals surface area (Å²) in [7, 11) is 2.23. The summed E-state index contributed by atoms with van der Waals surface area (Å²) >= 11 is 0. The zero-order valence-corrected chi connectivity index (χ0v) is 20.0. The van der Waals surface area contributed by atoms with Crippen molar-refractivity contribution in [3.63, 3.8) is 0 Å². The summed E-state index contributed by atoms with van der Waals surface area (Å²) in [5.74, 6) is 0. The molecule has 0 amide bonds. The summed E-state index contributed by atoms with van der Waals surface area (Å²) in [5, 5.41) is 10.5. The smallest absolute Gasteiger partial charge is 0.101 e. The van der Waals surface area contributed by atoms with E-state index >= 15 is 0 Å². The van der Waals surface area contributed by atoms with Gasteiger partial charge in [0, 0.05) is 69.1 Å². The Balaban J connectivity index is 1.22. The number of nitrogens with zero attached hydrogens (tertiary/aromatic N) is 6. The van der Waals surface area contributed by atoms with Crippen LogP contribution in [0.4, 0.5) is 5.69 Å². The number of aromatic nitrogens is 1. The highest BCUT2D eigenvalue weighted by atomic mass is 16.5. The van der Waals surface area contributed by atoms with Gasteiger partial charge in [-0.15, -0.1) is 0 Å². The Kier molecular flexibility index (Phi) is 6.79. The lowest BCUT2D eigenvalue weighted by Gasteiger charge is -2.44. The molecule has 3 fully saturated rings. The molecule has 3 saturated heterocycles.